The summed E-state index contributed by atoms with van der Waals surface area (Å²) in [5, 5.41) is 6.74. The van der Waals surface area contributed by atoms with E-state index in [1.165, 1.54) is 12.3 Å². The molecule has 2 aromatic heterocycles. The van der Waals surface area contributed by atoms with Gasteiger partial charge in [0.2, 0.25) is 5.95 Å². The topological polar surface area (TPSA) is 59.8 Å². The average molecular weight is 248 g/mol. The van der Waals surface area contributed by atoms with Crippen LogP contribution in [0.25, 0.3) is 0 Å². The molecule has 2 heterocycles. The van der Waals surface area contributed by atoms with Gasteiger partial charge in [-0.05, 0) is 18.1 Å². The summed E-state index contributed by atoms with van der Waals surface area (Å²) in [5.41, 5.74) is 1.31. The number of hydrogen-bond acceptors (Lipinski definition) is 3. The minimum atomic E-state index is -0.657. The zero-order valence-corrected chi connectivity index (χ0v) is 9.93. The van der Waals surface area contributed by atoms with Gasteiger partial charge in [-0.25, -0.2) is 4.98 Å². The SMILES string of the molecule is Cn1cc(CCNC(=O)c2ccnc(F)c2)cn1. The standard InChI is InChI=1S/C12H13FN4O/c1-17-8-9(7-16-17)2-4-15-12(18)10-3-5-14-11(13)6-10/h3,5-8H,2,4H2,1H3,(H,15,18). The molecule has 1 amide bonds. The average Bonchev–Trinajstić information content (AvgIpc) is 2.75. The van der Waals surface area contributed by atoms with Crippen molar-refractivity contribution in [2.45, 2.75) is 6.42 Å². The summed E-state index contributed by atoms with van der Waals surface area (Å²) in [7, 11) is 1.84. The molecule has 5 nitrogen and oxygen atoms in total. The van der Waals surface area contributed by atoms with Crippen LogP contribution in [-0.4, -0.2) is 27.2 Å². The summed E-state index contributed by atoms with van der Waals surface area (Å²) in [5.74, 6) is -0.963. The summed E-state index contributed by atoms with van der Waals surface area (Å²) in [6, 6.07) is 2.59. The molecule has 2 rings (SSSR count). The van der Waals surface area contributed by atoms with E-state index >= 15 is 0 Å². The van der Waals surface area contributed by atoms with Crippen LogP contribution in [0.3, 0.4) is 0 Å². The fraction of sp³-hybridized carbons (Fsp3) is 0.250. The zero-order chi connectivity index (χ0) is 13.0. The van der Waals surface area contributed by atoms with Gasteiger partial charge in [-0.3, -0.25) is 9.48 Å². The molecule has 0 unspecified atom stereocenters. The molecule has 2 aromatic rings. The maximum atomic E-state index is 12.8. The molecule has 0 atom stereocenters. The van der Waals surface area contributed by atoms with Gasteiger partial charge < -0.3 is 5.32 Å². The number of halogens is 1. The van der Waals surface area contributed by atoms with Gasteiger partial charge in [-0.1, -0.05) is 0 Å². The Labute approximate surface area is 104 Å². The molecule has 18 heavy (non-hydrogen) atoms. The van der Waals surface area contributed by atoms with E-state index in [1.54, 1.807) is 10.9 Å². The second-order valence-electron chi connectivity index (χ2n) is 3.90. The molecule has 6 heteroatoms. The van der Waals surface area contributed by atoms with Crippen molar-refractivity contribution >= 4 is 5.91 Å². The van der Waals surface area contributed by atoms with Crippen LogP contribution in [0.1, 0.15) is 15.9 Å². The summed E-state index contributed by atoms with van der Waals surface area (Å²) in [6.45, 7) is 0.481. The lowest BCUT2D eigenvalue weighted by molar-refractivity contribution is 0.0953. The number of carbonyl (C=O) groups is 1. The molecular weight excluding hydrogens is 235 g/mol. The first-order chi connectivity index (χ1) is 8.65. The molecule has 0 saturated carbocycles. The number of pyridine rings is 1. The van der Waals surface area contributed by atoms with E-state index in [-0.39, 0.29) is 11.5 Å². The number of aryl methyl sites for hydroxylation is 1. The Morgan fingerprint density at radius 1 is 1.56 bits per heavy atom. The van der Waals surface area contributed by atoms with Crippen molar-refractivity contribution in [2.24, 2.45) is 7.05 Å². The van der Waals surface area contributed by atoms with E-state index in [9.17, 15) is 9.18 Å². The van der Waals surface area contributed by atoms with Crippen LogP contribution >= 0.6 is 0 Å². The van der Waals surface area contributed by atoms with Crippen molar-refractivity contribution in [3.63, 3.8) is 0 Å². The Hall–Kier alpha value is -2.24. The first-order valence-corrected chi connectivity index (χ1v) is 5.52. The Morgan fingerprint density at radius 2 is 2.39 bits per heavy atom. The van der Waals surface area contributed by atoms with Crippen LogP contribution < -0.4 is 5.32 Å². The third kappa shape index (κ3) is 3.13. The largest absolute Gasteiger partial charge is 0.352 e. The molecule has 1 N–H and O–H groups in total. The van der Waals surface area contributed by atoms with E-state index in [1.807, 2.05) is 13.2 Å². The lowest BCUT2D eigenvalue weighted by atomic mass is 10.2. The minimum Gasteiger partial charge on any atom is -0.352 e. The quantitative estimate of drug-likeness (QED) is 0.819. The first-order valence-electron chi connectivity index (χ1n) is 5.52. The highest BCUT2D eigenvalue weighted by atomic mass is 19.1. The third-order valence-electron chi connectivity index (χ3n) is 2.45. The molecule has 0 aliphatic heterocycles. The number of rotatable bonds is 4. The number of aromatic nitrogens is 3. The number of carbonyl (C=O) groups excluding carboxylic acids is 1. The van der Waals surface area contributed by atoms with Gasteiger partial charge in [0.15, 0.2) is 0 Å². The van der Waals surface area contributed by atoms with Gasteiger partial charge in [0.25, 0.3) is 5.91 Å². The van der Waals surface area contributed by atoms with Crippen molar-refractivity contribution in [2.75, 3.05) is 6.54 Å². The number of nitrogens with one attached hydrogen (secondary N) is 1. The van der Waals surface area contributed by atoms with E-state index in [4.69, 9.17) is 0 Å². The Bertz CT molecular complexity index is 553. The molecule has 0 fully saturated rings. The van der Waals surface area contributed by atoms with Crippen molar-refractivity contribution in [1.82, 2.24) is 20.1 Å². The lowest BCUT2D eigenvalue weighted by Gasteiger charge is -2.03. The smallest absolute Gasteiger partial charge is 0.251 e. The molecule has 0 saturated heterocycles. The minimum absolute atomic E-state index is 0.272. The number of nitrogens with zero attached hydrogens (tertiary/aromatic N) is 3. The van der Waals surface area contributed by atoms with Gasteiger partial charge in [0.1, 0.15) is 0 Å². The van der Waals surface area contributed by atoms with Crippen molar-refractivity contribution in [3.05, 3.63) is 47.8 Å². The van der Waals surface area contributed by atoms with Crippen molar-refractivity contribution in [1.29, 1.82) is 0 Å². The van der Waals surface area contributed by atoms with Gasteiger partial charge >= 0.3 is 0 Å². The fourth-order valence-electron chi connectivity index (χ4n) is 1.57. The number of amides is 1. The summed E-state index contributed by atoms with van der Waals surface area (Å²) in [6.07, 6.45) is 5.59. The highest BCUT2D eigenvalue weighted by Crippen LogP contribution is 2.01. The van der Waals surface area contributed by atoms with E-state index in [2.05, 4.69) is 15.4 Å². The maximum absolute atomic E-state index is 12.8. The van der Waals surface area contributed by atoms with Crippen LogP contribution in [0.4, 0.5) is 4.39 Å². The Morgan fingerprint density at radius 3 is 3.06 bits per heavy atom. The van der Waals surface area contributed by atoms with Crippen molar-refractivity contribution < 1.29 is 9.18 Å². The predicted octanol–water partition coefficient (Wildman–Crippen LogP) is 0.927. The monoisotopic (exact) mass is 248 g/mol. The molecule has 0 aliphatic rings. The molecular formula is C12H13FN4O. The second-order valence-corrected chi connectivity index (χ2v) is 3.90. The van der Waals surface area contributed by atoms with Gasteiger partial charge in [0, 0.05) is 37.6 Å². The fourth-order valence-corrected chi connectivity index (χ4v) is 1.57. The first kappa shape index (κ1) is 12.2. The highest BCUT2D eigenvalue weighted by molar-refractivity contribution is 5.93. The van der Waals surface area contributed by atoms with Crippen LogP contribution in [0.15, 0.2) is 30.7 Å². The molecule has 0 aliphatic carbocycles. The molecule has 0 radical (unpaired) electrons. The lowest BCUT2D eigenvalue weighted by Crippen LogP contribution is -2.25. The second kappa shape index (κ2) is 5.39. The van der Waals surface area contributed by atoms with Crippen LogP contribution in [0.5, 0.6) is 0 Å². The van der Waals surface area contributed by atoms with Crippen LogP contribution in [0.2, 0.25) is 0 Å². The normalized spacial score (nSPS) is 10.3. The zero-order valence-electron chi connectivity index (χ0n) is 9.93. The Kier molecular flexibility index (Phi) is 3.66. The van der Waals surface area contributed by atoms with E-state index in [0.717, 1.165) is 11.6 Å². The third-order valence-corrected chi connectivity index (χ3v) is 2.45. The predicted molar refractivity (Wildman–Crippen MR) is 63.4 cm³/mol. The maximum Gasteiger partial charge on any atom is 0.251 e. The Balaban J connectivity index is 1.85. The van der Waals surface area contributed by atoms with Gasteiger partial charge in [-0.15, -0.1) is 0 Å². The van der Waals surface area contributed by atoms with Crippen LogP contribution in [0, 0.1) is 5.95 Å². The number of hydrogen-bond donors (Lipinski definition) is 1. The summed E-state index contributed by atoms with van der Waals surface area (Å²) < 4.78 is 14.5. The van der Waals surface area contributed by atoms with Crippen LogP contribution in [-0.2, 0) is 13.5 Å². The van der Waals surface area contributed by atoms with Crippen molar-refractivity contribution in [3.8, 4) is 0 Å². The van der Waals surface area contributed by atoms with Gasteiger partial charge in [0.05, 0.1) is 6.20 Å². The molecule has 94 valence electrons. The van der Waals surface area contributed by atoms with E-state index < -0.39 is 5.95 Å². The summed E-state index contributed by atoms with van der Waals surface area (Å²) in [4.78, 5) is 15.1. The molecule has 0 bridgehead atoms. The molecule has 0 aromatic carbocycles. The highest BCUT2D eigenvalue weighted by Gasteiger charge is 2.06. The summed E-state index contributed by atoms with van der Waals surface area (Å²) >= 11 is 0. The molecule has 0 spiro atoms. The van der Waals surface area contributed by atoms with E-state index in [0.29, 0.717) is 13.0 Å². The van der Waals surface area contributed by atoms with Gasteiger partial charge in [-0.2, -0.15) is 9.49 Å².